The number of hydrogen-bond acceptors (Lipinski definition) is 5. The molecule has 1 N–H and O–H groups in total. The van der Waals surface area contributed by atoms with Crippen LogP contribution in [0.2, 0.25) is 0 Å². The van der Waals surface area contributed by atoms with Crippen molar-refractivity contribution in [1.82, 2.24) is 9.88 Å². The van der Waals surface area contributed by atoms with Gasteiger partial charge in [-0.15, -0.1) is 0 Å². The molecule has 7 heteroatoms. The van der Waals surface area contributed by atoms with Crippen LogP contribution in [0.3, 0.4) is 0 Å². The Bertz CT molecular complexity index is 1050. The van der Waals surface area contributed by atoms with Crippen LogP contribution in [0.15, 0.2) is 66.9 Å². The van der Waals surface area contributed by atoms with E-state index < -0.39 is 5.82 Å². The molecular formula is C24H25FN4O2. The average Bonchev–Trinajstić information content (AvgIpc) is 2.81. The van der Waals surface area contributed by atoms with Crippen molar-refractivity contribution in [3.8, 4) is 5.75 Å². The second kappa shape index (κ2) is 9.47. The number of nitrogens with zero attached hydrogens (tertiary/aromatic N) is 3. The number of carbonyl (C=O) groups is 1. The first kappa shape index (κ1) is 20.7. The van der Waals surface area contributed by atoms with Gasteiger partial charge in [0, 0.05) is 32.4 Å². The molecule has 6 nitrogen and oxygen atoms in total. The van der Waals surface area contributed by atoms with Gasteiger partial charge in [-0.2, -0.15) is 0 Å². The lowest BCUT2D eigenvalue weighted by molar-refractivity contribution is 0.0747. The van der Waals surface area contributed by atoms with Crippen LogP contribution in [0.4, 0.5) is 21.6 Å². The molecule has 160 valence electrons. The topological polar surface area (TPSA) is 57.7 Å². The summed E-state index contributed by atoms with van der Waals surface area (Å²) < 4.78 is 19.8. The number of para-hydroxylation sites is 3. The van der Waals surface area contributed by atoms with Gasteiger partial charge in [-0.25, -0.2) is 9.37 Å². The molecule has 2 aromatic carbocycles. The van der Waals surface area contributed by atoms with Crippen molar-refractivity contribution < 1.29 is 13.9 Å². The lowest BCUT2D eigenvalue weighted by atomic mass is 10.1. The van der Waals surface area contributed by atoms with Crippen LogP contribution in [0.5, 0.6) is 5.75 Å². The summed E-state index contributed by atoms with van der Waals surface area (Å²) in [5, 5.41) is 2.96. The maximum atomic E-state index is 14.1. The fourth-order valence-corrected chi connectivity index (χ4v) is 3.68. The number of piperazine rings is 1. The summed E-state index contributed by atoms with van der Waals surface area (Å²) in [7, 11) is 0. The number of nitrogens with one attached hydrogen (secondary N) is 1. The highest BCUT2D eigenvalue weighted by Gasteiger charge is 2.25. The zero-order valence-corrected chi connectivity index (χ0v) is 17.4. The highest BCUT2D eigenvalue weighted by molar-refractivity contribution is 5.99. The molecular weight excluding hydrogens is 395 g/mol. The van der Waals surface area contributed by atoms with E-state index in [9.17, 15) is 9.18 Å². The first-order valence-electron chi connectivity index (χ1n) is 10.4. The molecule has 1 saturated heterocycles. The number of carbonyl (C=O) groups excluding carboxylic acids is 1. The van der Waals surface area contributed by atoms with Gasteiger partial charge in [0.25, 0.3) is 5.91 Å². The molecule has 31 heavy (non-hydrogen) atoms. The van der Waals surface area contributed by atoms with Crippen LogP contribution in [0.25, 0.3) is 0 Å². The Labute approximate surface area is 181 Å². The van der Waals surface area contributed by atoms with Crippen LogP contribution in [0, 0.1) is 5.82 Å². The maximum Gasteiger partial charge on any atom is 0.257 e. The Hall–Kier alpha value is -3.61. The number of benzene rings is 2. The van der Waals surface area contributed by atoms with Crippen molar-refractivity contribution >= 4 is 23.1 Å². The fourth-order valence-electron chi connectivity index (χ4n) is 3.68. The van der Waals surface area contributed by atoms with E-state index in [1.165, 1.54) is 6.07 Å². The van der Waals surface area contributed by atoms with Gasteiger partial charge in [0.1, 0.15) is 17.4 Å². The van der Waals surface area contributed by atoms with Crippen molar-refractivity contribution in [2.45, 2.75) is 6.92 Å². The van der Waals surface area contributed by atoms with Gasteiger partial charge in [-0.3, -0.25) is 4.79 Å². The third-order valence-corrected chi connectivity index (χ3v) is 5.24. The van der Waals surface area contributed by atoms with Crippen LogP contribution < -0.4 is 15.0 Å². The van der Waals surface area contributed by atoms with Crippen molar-refractivity contribution in [2.24, 2.45) is 0 Å². The van der Waals surface area contributed by atoms with Crippen LogP contribution >= 0.6 is 0 Å². The van der Waals surface area contributed by atoms with E-state index in [-0.39, 0.29) is 11.6 Å². The lowest BCUT2D eigenvalue weighted by Crippen LogP contribution is -2.49. The predicted octanol–water partition coefficient (Wildman–Crippen LogP) is 4.33. The minimum Gasteiger partial charge on any atom is -0.492 e. The Kier molecular flexibility index (Phi) is 6.31. The molecule has 1 aliphatic heterocycles. The Morgan fingerprint density at radius 1 is 1.03 bits per heavy atom. The third kappa shape index (κ3) is 4.60. The average molecular weight is 420 g/mol. The van der Waals surface area contributed by atoms with Crippen molar-refractivity contribution in [3.05, 3.63) is 78.2 Å². The number of rotatable bonds is 6. The van der Waals surface area contributed by atoms with E-state index in [1.54, 1.807) is 36.5 Å². The number of halogens is 1. The number of amides is 1. The quantitative estimate of drug-likeness (QED) is 0.644. The molecule has 0 saturated carbocycles. The van der Waals surface area contributed by atoms with Gasteiger partial charge in [-0.1, -0.05) is 24.3 Å². The SMILES string of the molecule is CCOc1ccccc1N1CCN(C(=O)c2cccnc2Nc2ccccc2F)CC1. The van der Waals surface area contributed by atoms with E-state index in [0.29, 0.717) is 44.2 Å². The van der Waals surface area contributed by atoms with Gasteiger partial charge in [0.05, 0.1) is 23.5 Å². The normalized spacial score (nSPS) is 13.7. The maximum absolute atomic E-state index is 14.1. The summed E-state index contributed by atoms with van der Waals surface area (Å²) in [5.41, 5.74) is 1.75. The van der Waals surface area contributed by atoms with E-state index >= 15 is 0 Å². The number of pyridine rings is 1. The highest BCUT2D eigenvalue weighted by Crippen LogP contribution is 2.29. The molecule has 2 heterocycles. The standard InChI is InChI=1S/C24H25FN4O2/c1-2-31-22-12-6-5-11-21(22)28-14-16-29(17-15-28)24(30)18-8-7-13-26-23(18)27-20-10-4-3-9-19(20)25/h3-13H,2,14-17H2,1H3,(H,26,27). The fraction of sp³-hybridized carbons (Fsp3) is 0.250. The molecule has 0 bridgehead atoms. The minimum atomic E-state index is -0.395. The summed E-state index contributed by atoms with van der Waals surface area (Å²) >= 11 is 0. The van der Waals surface area contributed by atoms with Gasteiger partial charge < -0.3 is 19.9 Å². The summed E-state index contributed by atoms with van der Waals surface area (Å²) in [5.74, 6) is 0.688. The lowest BCUT2D eigenvalue weighted by Gasteiger charge is -2.36. The second-order valence-electron chi connectivity index (χ2n) is 7.18. The predicted molar refractivity (Wildman–Crippen MR) is 120 cm³/mol. The molecule has 1 aromatic heterocycles. The van der Waals surface area contributed by atoms with Gasteiger partial charge in [-0.05, 0) is 43.3 Å². The summed E-state index contributed by atoms with van der Waals surface area (Å²) in [6, 6.07) is 17.7. The van der Waals surface area contributed by atoms with E-state index in [2.05, 4.69) is 15.2 Å². The van der Waals surface area contributed by atoms with Crippen LogP contribution in [-0.4, -0.2) is 48.6 Å². The third-order valence-electron chi connectivity index (χ3n) is 5.24. The zero-order valence-electron chi connectivity index (χ0n) is 17.4. The Morgan fingerprint density at radius 2 is 1.77 bits per heavy atom. The van der Waals surface area contributed by atoms with Gasteiger partial charge >= 0.3 is 0 Å². The molecule has 0 atom stereocenters. The molecule has 0 radical (unpaired) electrons. The van der Waals surface area contributed by atoms with Crippen LogP contribution in [-0.2, 0) is 0 Å². The number of aromatic nitrogens is 1. The second-order valence-corrected chi connectivity index (χ2v) is 7.18. The first-order valence-corrected chi connectivity index (χ1v) is 10.4. The van der Waals surface area contributed by atoms with Crippen LogP contribution in [0.1, 0.15) is 17.3 Å². The molecule has 0 spiro atoms. The molecule has 0 unspecified atom stereocenters. The molecule has 1 aliphatic rings. The number of ether oxygens (including phenoxy) is 1. The smallest absolute Gasteiger partial charge is 0.257 e. The summed E-state index contributed by atoms with van der Waals surface area (Å²) in [6.07, 6.45) is 1.59. The van der Waals surface area contributed by atoms with Gasteiger partial charge in [0.15, 0.2) is 0 Å². The Morgan fingerprint density at radius 3 is 2.55 bits per heavy atom. The van der Waals surface area contributed by atoms with Crippen molar-refractivity contribution in [3.63, 3.8) is 0 Å². The molecule has 3 aromatic rings. The number of anilines is 3. The monoisotopic (exact) mass is 420 g/mol. The van der Waals surface area contributed by atoms with Crippen molar-refractivity contribution in [2.75, 3.05) is 43.0 Å². The summed E-state index contributed by atoms with van der Waals surface area (Å²) in [6.45, 7) is 5.13. The largest absolute Gasteiger partial charge is 0.492 e. The minimum absolute atomic E-state index is 0.121. The van der Waals surface area contributed by atoms with E-state index in [0.717, 1.165) is 11.4 Å². The van der Waals surface area contributed by atoms with E-state index in [4.69, 9.17) is 4.74 Å². The first-order chi connectivity index (χ1) is 15.2. The number of hydrogen-bond donors (Lipinski definition) is 1. The van der Waals surface area contributed by atoms with E-state index in [1.807, 2.05) is 36.1 Å². The Balaban J connectivity index is 1.47. The molecule has 1 fully saturated rings. The molecule has 0 aliphatic carbocycles. The zero-order chi connectivity index (χ0) is 21.6. The van der Waals surface area contributed by atoms with Gasteiger partial charge in [0.2, 0.25) is 0 Å². The van der Waals surface area contributed by atoms with Crippen molar-refractivity contribution in [1.29, 1.82) is 0 Å². The molecule has 1 amide bonds. The summed E-state index contributed by atoms with van der Waals surface area (Å²) in [4.78, 5) is 21.5. The highest BCUT2D eigenvalue weighted by atomic mass is 19.1. The molecule has 4 rings (SSSR count).